The molecule has 3 aromatic carbocycles. The minimum absolute atomic E-state index is 0.155. The van der Waals surface area contributed by atoms with Gasteiger partial charge in [0.1, 0.15) is 0 Å². The number of nitrogens with zero attached hydrogens (tertiary/aromatic N) is 3. The third kappa shape index (κ3) is 5.49. The van der Waals surface area contributed by atoms with Crippen LogP contribution in [0.5, 0.6) is 5.75 Å². The van der Waals surface area contributed by atoms with E-state index in [4.69, 9.17) is 11.6 Å². The molecular formula is C21H14ClN5O7. The van der Waals surface area contributed by atoms with E-state index >= 15 is 0 Å². The second-order valence-corrected chi connectivity index (χ2v) is 7.03. The highest BCUT2D eigenvalue weighted by molar-refractivity contribution is 6.34. The van der Waals surface area contributed by atoms with Crippen LogP contribution in [0.4, 0.5) is 17.1 Å². The average molecular weight is 484 g/mol. The summed E-state index contributed by atoms with van der Waals surface area (Å²) in [6.07, 6.45) is 0.839. The lowest BCUT2D eigenvalue weighted by Gasteiger charge is -2.07. The van der Waals surface area contributed by atoms with E-state index in [1.807, 2.05) is 0 Å². The maximum absolute atomic E-state index is 12.3. The van der Waals surface area contributed by atoms with Crippen molar-refractivity contribution in [2.45, 2.75) is 0 Å². The Hall–Kier alpha value is -4.84. The smallest absolute Gasteiger partial charge is 0.318 e. The Morgan fingerprint density at radius 2 is 1.65 bits per heavy atom. The molecule has 0 saturated heterocycles. The van der Waals surface area contributed by atoms with Crippen molar-refractivity contribution in [2.75, 3.05) is 5.32 Å². The van der Waals surface area contributed by atoms with E-state index in [1.54, 1.807) is 24.3 Å². The first-order chi connectivity index (χ1) is 16.2. The number of carbonyl (C=O) groups is 2. The van der Waals surface area contributed by atoms with Gasteiger partial charge >= 0.3 is 5.69 Å². The predicted octanol–water partition coefficient (Wildman–Crippen LogP) is 3.88. The fraction of sp³-hybridized carbons (Fsp3) is 0. The van der Waals surface area contributed by atoms with Crippen LogP contribution in [0, 0.1) is 20.2 Å². The van der Waals surface area contributed by atoms with Gasteiger partial charge < -0.3 is 10.4 Å². The Labute approximate surface area is 195 Å². The molecule has 0 unspecified atom stereocenters. The van der Waals surface area contributed by atoms with Crippen LogP contribution in [0.25, 0.3) is 0 Å². The number of benzene rings is 3. The second kappa shape index (κ2) is 10.2. The minimum atomic E-state index is -0.982. The third-order valence-corrected chi connectivity index (χ3v) is 4.73. The first kappa shape index (κ1) is 23.8. The molecular weight excluding hydrogens is 470 g/mol. The van der Waals surface area contributed by atoms with E-state index in [1.165, 1.54) is 24.3 Å². The number of aromatic hydroxyl groups is 1. The number of halogens is 1. The molecule has 0 aliphatic rings. The molecule has 0 aromatic heterocycles. The summed E-state index contributed by atoms with van der Waals surface area (Å²) in [7, 11) is 0. The summed E-state index contributed by atoms with van der Waals surface area (Å²) in [5, 5.41) is 38.4. The number of nitro groups is 2. The van der Waals surface area contributed by atoms with Crippen LogP contribution >= 0.6 is 11.6 Å². The molecule has 0 fully saturated rings. The van der Waals surface area contributed by atoms with E-state index in [0.29, 0.717) is 11.8 Å². The van der Waals surface area contributed by atoms with Crippen LogP contribution in [-0.2, 0) is 0 Å². The van der Waals surface area contributed by atoms with Gasteiger partial charge in [-0.2, -0.15) is 5.10 Å². The molecule has 0 aliphatic carbocycles. The minimum Gasteiger partial charge on any atom is -0.502 e. The number of nitrogens with one attached hydrogen (secondary N) is 2. The van der Waals surface area contributed by atoms with Gasteiger partial charge in [-0.25, -0.2) is 5.43 Å². The SMILES string of the molecule is O=C(N/N=C\c1cc([N+](=O)[O-])cc([N+](=O)[O-])c1O)c1ccc(NC(=O)c2ccccc2Cl)cc1. The maximum atomic E-state index is 12.3. The molecule has 3 N–H and O–H groups in total. The number of anilines is 1. The molecule has 0 aliphatic heterocycles. The number of hydrazone groups is 1. The van der Waals surface area contributed by atoms with Gasteiger partial charge in [-0.15, -0.1) is 0 Å². The Bertz CT molecular complexity index is 1330. The molecule has 0 atom stereocenters. The summed E-state index contributed by atoms with van der Waals surface area (Å²) in [6.45, 7) is 0. The van der Waals surface area contributed by atoms with Crippen molar-refractivity contribution < 1.29 is 24.5 Å². The van der Waals surface area contributed by atoms with Gasteiger partial charge in [0, 0.05) is 17.3 Å². The number of hydrogen-bond donors (Lipinski definition) is 3. The van der Waals surface area contributed by atoms with E-state index in [2.05, 4.69) is 15.8 Å². The Kier molecular flexibility index (Phi) is 7.13. The topological polar surface area (TPSA) is 177 Å². The lowest BCUT2D eigenvalue weighted by atomic mass is 10.1. The molecule has 3 aromatic rings. The molecule has 3 rings (SSSR count). The molecule has 12 nitrogen and oxygen atoms in total. The van der Waals surface area contributed by atoms with Crippen molar-refractivity contribution in [1.82, 2.24) is 5.43 Å². The number of hydrogen-bond acceptors (Lipinski definition) is 8. The zero-order chi connectivity index (χ0) is 24.8. The highest BCUT2D eigenvalue weighted by Crippen LogP contribution is 2.33. The number of phenols is 1. The number of nitro benzene ring substituents is 2. The number of carbonyl (C=O) groups excluding carboxylic acids is 2. The predicted molar refractivity (Wildman–Crippen MR) is 122 cm³/mol. The maximum Gasteiger partial charge on any atom is 0.318 e. The molecule has 0 radical (unpaired) electrons. The van der Waals surface area contributed by atoms with Crippen LogP contribution in [0.2, 0.25) is 5.02 Å². The molecule has 0 saturated carbocycles. The van der Waals surface area contributed by atoms with Crippen LogP contribution in [-0.4, -0.2) is 33.0 Å². The summed E-state index contributed by atoms with van der Waals surface area (Å²) < 4.78 is 0. The molecule has 13 heteroatoms. The Morgan fingerprint density at radius 3 is 2.26 bits per heavy atom. The number of non-ortho nitro benzene ring substituents is 1. The quantitative estimate of drug-likeness (QED) is 0.259. The van der Waals surface area contributed by atoms with Crippen LogP contribution in [0.1, 0.15) is 26.3 Å². The fourth-order valence-corrected chi connectivity index (χ4v) is 2.96. The molecule has 2 amide bonds. The van der Waals surface area contributed by atoms with E-state index in [-0.39, 0.29) is 21.7 Å². The van der Waals surface area contributed by atoms with Gasteiger partial charge in [-0.1, -0.05) is 23.7 Å². The first-order valence-electron chi connectivity index (χ1n) is 9.32. The lowest BCUT2D eigenvalue weighted by molar-refractivity contribution is -0.394. The monoisotopic (exact) mass is 483 g/mol. The largest absolute Gasteiger partial charge is 0.502 e. The number of rotatable bonds is 7. The zero-order valence-electron chi connectivity index (χ0n) is 17.0. The third-order valence-electron chi connectivity index (χ3n) is 4.40. The van der Waals surface area contributed by atoms with Crippen LogP contribution < -0.4 is 10.7 Å². The van der Waals surface area contributed by atoms with Crippen LogP contribution in [0.15, 0.2) is 65.8 Å². The van der Waals surface area contributed by atoms with Gasteiger partial charge in [-0.05, 0) is 36.4 Å². The summed E-state index contributed by atoms with van der Waals surface area (Å²) in [5.74, 6) is -1.95. The summed E-state index contributed by atoms with van der Waals surface area (Å²) in [5.41, 5.74) is 1.13. The summed E-state index contributed by atoms with van der Waals surface area (Å²) in [4.78, 5) is 44.6. The van der Waals surface area contributed by atoms with Crippen molar-refractivity contribution in [3.8, 4) is 5.75 Å². The van der Waals surface area contributed by atoms with E-state index in [0.717, 1.165) is 12.3 Å². The number of phenolic OH excluding ortho intramolecular Hbond substituents is 1. The van der Waals surface area contributed by atoms with Gasteiger partial charge in [0.2, 0.25) is 5.75 Å². The first-order valence-corrected chi connectivity index (χ1v) is 9.70. The van der Waals surface area contributed by atoms with Crippen molar-refractivity contribution in [3.05, 3.63) is 103 Å². The van der Waals surface area contributed by atoms with Gasteiger partial charge in [0.25, 0.3) is 17.5 Å². The van der Waals surface area contributed by atoms with Gasteiger partial charge in [-0.3, -0.25) is 29.8 Å². The normalized spacial score (nSPS) is 10.6. The Morgan fingerprint density at radius 1 is 0.971 bits per heavy atom. The highest BCUT2D eigenvalue weighted by atomic mass is 35.5. The van der Waals surface area contributed by atoms with E-state index in [9.17, 15) is 34.9 Å². The standard InChI is InChI=1S/C21H14ClN5O7/c22-17-4-2-1-3-16(17)21(30)24-14-7-5-12(6-8-14)20(29)25-23-11-13-9-15(26(31)32)10-18(19(13)28)27(33)34/h1-11,28H,(H,24,30)(H,25,29)/b23-11-. The number of amides is 2. The van der Waals surface area contributed by atoms with Gasteiger partial charge in [0.15, 0.2) is 0 Å². The highest BCUT2D eigenvalue weighted by Gasteiger charge is 2.23. The fourth-order valence-electron chi connectivity index (χ4n) is 2.74. The van der Waals surface area contributed by atoms with E-state index < -0.39 is 38.8 Å². The summed E-state index contributed by atoms with van der Waals surface area (Å²) >= 11 is 5.99. The van der Waals surface area contributed by atoms with Crippen molar-refractivity contribution in [2.24, 2.45) is 5.10 Å². The molecule has 0 spiro atoms. The van der Waals surface area contributed by atoms with Gasteiger partial charge in [0.05, 0.1) is 38.3 Å². The van der Waals surface area contributed by atoms with Crippen molar-refractivity contribution in [3.63, 3.8) is 0 Å². The lowest BCUT2D eigenvalue weighted by Crippen LogP contribution is -2.18. The zero-order valence-corrected chi connectivity index (χ0v) is 17.7. The van der Waals surface area contributed by atoms with Crippen molar-refractivity contribution in [1.29, 1.82) is 0 Å². The molecule has 172 valence electrons. The Balaban J connectivity index is 1.69. The average Bonchev–Trinajstić information content (AvgIpc) is 2.80. The van der Waals surface area contributed by atoms with Crippen LogP contribution in [0.3, 0.4) is 0 Å². The molecule has 0 heterocycles. The van der Waals surface area contributed by atoms with Crippen molar-refractivity contribution >= 4 is 46.7 Å². The summed E-state index contributed by atoms with van der Waals surface area (Å²) in [6, 6.07) is 13.7. The molecule has 0 bridgehead atoms. The molecule has 34 heavy (non-hydrogen) atoms. The second-order valence-electron chi connectivity index (χ2n) is 6.63.